The molecule has 1 N–H and O–H groups in total. The minimum Gasteiger partial charge on any atom is -0.349 e. The molecule has 2 aromatic rings. The van der Waals surface area contributed by atoms with Gasteiger partial charge in [-0.05, 0) is 24.8 Å². The van der Waals surface area contributed by atoms with Crippen molar-refractivity contribution in [3.8, 4) is 0 Å². The molecule has 0 aromatic carbocycles. The Labute approximate surface area is 139 Å². The smallest absolute Gasteiger partial charge is 0.332 e. The molecule has 0 spiro atoms. The Morgan fingerprint density at radius 1 is 1.25 bits per heavy atom. The molecule has 0 aliphatic heterocycles. The molecule has 0 bridgehead atoms. The molecule has 2 aromatic heterocycles. The number of hydrogen-bond acceptors (Lipinski definition) is 4. The molecule has 24 heavy (non-hydrogen) atoms. The van der Waals surface area contributed by atoms with E-state index in [1.165, 1.54) is 30.3 Å². The molecule has 7 heteroatoms. The third kappa shape index (κ3) is 2.86. The quantitative estimate of drug-likeness (QED) is 0.888. The van der Waals surface area contributed by atoms with Gasteiger partial charge >= 0.3 is 5.69 Å². The van der Waals surface area contributed by atoms with E-state index in [-0.39, 0.29) is 23.0 Å². The maximum Gasteiger partial charge on any atom is 0.332 e. The Hall–Kier alpha value is -2.44. The number of nitrogens with one attached hydrogen (secondary N) is 1. The lowest BCUT2D eigenvalue weighted by Crippen LogP contribution is -2.39. The Bertz CT molecular complexity index is 912. The highest BCUT2D eigenvalue weighted by atomic mass is 16.2. The van der Waals surface area contributed by atoms with Gasteiger partial charge in [-0.15, -0.1) is 0 Å². The van der Waals surface area contributed by atoms with Crippen molar-refractivity contribution in [1.29, 1.82) is 0 Å². The minimum absolute atomic E-state index is 0.167. The van der Waals surface area contributed by atoms with Crippen LogP contribution in [0.3, 0.4) is 0 Å². The summed E-state index contributed by atoms with van der Waals surface area (Å²) in [5.41, 5.74) is -0.252. The van der Waals surface area contributed by atoms with Crippen LogP contribution in [0.1, 0.15) is 43.0 Å². The Morgan fingerprint density at radius 3 is 2.71 bits per heavy atom. The standard InChI is InChI=1S/C17H22N4O3/c1-10-5-4-6-12(7-10)19-15(22)11-8-13-14(18-9-11)20(2)17(24)21(3)16(13)23/h8-10,12H,4-7H2,1-3H3,(H,19,22)/t10-,12-/m1/s1. The highest BCUT2D eigenvalue weighted by Gasteiger charge is 2.21. The first kappa shape index (κ1) is 16.4. The zero-order valence-electron chi connectivity index (χ0n) is 14.2. The molecule has 1 aliphatic rings. The van der Waals surface area contributed by atoms with Crippen LogP contribution >= 0.6 is 0 Å². The summed E-state index contributed by atoms with van der Waals surface area (Å²) in [6, 6.07) is 1.69. The van der Waals surface area contributed by atoms with E-state index in [1.54, 1.807) is 7.05 Å². The van der Waals surface area contributed by atoms with E-state index in [4.69, 9.17) is 0 Å². The number of amides is 1. The Balaban J connectivity index is 1.94. The van der Waals surface area contributed by atoms with E-state index in [1.807, 2.05) is 0 Å². The lowest BCUT2D eigenvalue weighted by Gasteiger charge is -2.27. The molecule has 0 saturated heterocycles. The van der Waals surface area contributed by atoms with Gasteiger partial charge in [0.15, 0.2) is 0 Å². The number of pyridine rings is 1. The molecule has 2 atom stereocenters. The van der Waals surface area contributed by atoms with Gasteiger partial charge in [-0.2, -0.15) is 0 Å². The van der Waals surface area contributed by atoms with Gasteiger partial charge < -0.3 is 5.32 Å². The second-order valence-electron chi connectivity index (χ2n) is 6.74. The molecule has 2 heterocycles. The van der Waals surface area contributed by atoms with E-state index < -0.39 is 11.2 Å². The number of nitrogens with zero attached hydrogens (tertiary/aromatic N) is 3. The second kappa shape index (κ2) is 6.22. The summed E-state index contributed by atoms with van der Waals surface area (Å²) >= 11 is 0. The molecule has 0 unspecified atom stereocenters. The van der Waals surface area contributed by atoms with Crippen LogP contribution in [0.2, 0.25) is 0 Å². The molecule has 128 valence electrons. The van der Waals surface area contributed by atoms with Gasteiger partial charge in [0, 0.05) is 26.3 Å². The molecule has 3 rings (SSSR count). The summed E-state index contributed by atoms with van der Waals surface area (Å²) in [6.45, 7) is 2.19. The predicted octanol–water partition coefficient (Wildman–Crippen LogP) is 0.941. The summed E-state index contributed by atoms with van der Waals surface area (Å²) in [5, 5.41) is 3.30. The monoisotopic (exact) mass is 330 g/mol. The van der Waals surface area contributed by atoms with Gasteiger partial charge in [0.25, 0.3) is 11.5 Å². The zero-order chi connectivity index (χ0) is 17.4. The van der Waals surface area contributed by atoms with Crippen LogP contribution in [-0.2, 0) is 14.1 Å². The second-order valence-corrected chi connectivity index (χ2v) is 6.74. The van der Waals surface area contributed by atoms with E-state index in [2.05, 4.69) is 17.2 Å². The first-order chi connectivity index (χ1) is 11.4. The number of aromatic nitrogens is 3. The predicted molar refractivity (Wildman–Crippen MR) is 91.1 cm³/mol. The molecule has 0 radical (unpaired) electrons. The maximum absolute atomic E-state index is 12.5. The largest absolute Gasteiger partial charge is 0.349 e. The van der Waals surface area contributed by atoms with E-state index >= 15 is 0 Å². The third-order valence-electron chi connectivity index (χ3n) is 4.83. The lowest BCUT2D eigenvalue weighted by atomic mass is 9.87. The van der Waals surface area contributed by atoms with Crippen molar-refractivity contribution in [2.24, 2.45) is 20.0 Å². The van der Waals surface area contributed by atoms with Crippen molar-refractivity contribution >= 4 is 16.9 Å². The van der Waals surface area contributed by atoms with Crippen molar-refractivity contribution in [2.75, 3.05) is 0 Å². The molecule has 1 aliphatic carbocycles. The molecule has 1 amide bonds. The summed E-state index contributed by atoms with van der Waals surface area (Å²) in [4.78, 5) is 40.9. The van der Waals surface area contributed by atoms with Crippen molar-refractivity contribution in [3.05, 3.63) is 38.7 Å². The molecule has 1 fully saturated rings. The fraction of sp³-hybridized carbons (Fsp3) is 0.529. The molecular formula is C17H22N4O3. The highest BCUT2D eigenvalue weighted by molar-refractivity contribution is 5.96. The minimum atomic E-state index is -0.443. The van der Waals surface area contributed by atoms with E-state index in [0.29, 0.717) is 11.5 Å². The van der Waals surface area contributed by atoms with Crippen molar-refractivity contribution < 1.29 is 4.79 Å². The number of carbonyl (C=O) groups excluding carboxylic acids is 1. The van der Waals surface area contributed by atoms with Gasteiger partial charge in [-0.1, -0.05) is 19.8 Å². The Kier molecular flexibility index (Phi) is 4.26. The van der Waals surface area contributed by atoms with Crippen molar-refractivity contribution in [1.82, 2.24) is 19.4 Å². The van der Waals surface area contributed by atoms with Crippen LogP contribution in [-0.4, -0.2) is 26.1 Å². The average molecular weight is 330 g/mol. The van der Waals surface area contributed by atoms with Crippen LogP contribution in [0.5, 0.6) is 0 Å². The van der Waals surface area contributed by atoms with Crippen LogP contribution in [0.15, 0.2) is 21.9 Å². The van der Waals surface area contributed by atoms with Crippen molar-refractivity contribution in [2.45, 2.75) is 38.6 Å². The van der Waals surface area contributed by atoms with Crippen molar-refractivity contribution in [3.63, 3.8) is 0 Å². The average Bonchev–Trinajstić information content (AvgIpc) is 2.57. The van der Waals surface area contributed by atoms with Gasteiger partial charge in [0.1, 0.15) is 5.65 Å². The number of aryl methyl sites for hydroxylation is 1. The SMILES string of the molecule is C[C@@H]1CCC[C@@H](NC(=O)c2cnc3c(c2)c(=O)n(C)c(=O)n3C)C1. The summed E-state index contributed by atoms with van der Waals surface area (Å²) in [5.74, 6) is 0.389. The molecule has 1 saturated carbocycles. The Morgan fingerprint density at radius 2 is 2.00 bits per heavy atom. The maximum atomic E-state index is 12.5. The molecule has 7 nitrogen and oxygen atoms in total. The summed E-state index contributed by atoms with van der Waals surface area (Å²) in [6.07, 6.45) is 5.69. The highest BCUT2D eigenvalue weighted by Crippen LogP contribution is 2.23. The van der Waals surface area contributed by atoms with Gasteiger partial charge in [0.05, 0.1) is 10.9 Å². The number of hydrogen-bond donors (Lipinski definition) is 1. The normalized spacial score (nSPS) is 21.0. The fourth-order valence-electron chi connectivity index (χ4n) is 3.42. The van der Waals surface area contributed by atoms with E-state index in [9.17, 15) is 14.4 Å². The first-order valence-electron chi connectivity index (χ1n) is 8.25. The summed E-state index contributed by atoms with van der Waals surface area (Å²) in [7, 11) is 2.97. The number of carbonyl (C=O) groups is 1. The van der Waals surface area contributed by atoms with Crippen LogP contribution in [0.4, 0.5) is 0 Å². The van der Waals surface area contributed by atoms with E-state index in [0.717, 1.165) is 23.8 Å². The third-order valence-corrected chi connectivity index (χ3v) is 4.83. The van der Waals surface area contributed by atoms with Crippen LogP contribution in [0, 0.1) is 5.92 Å². The van der Waals surface area contributed by atoms with Gasteiger partial charge in [0.2, 0.25) is 0 Å². The summed E-state index contributed by atoms with van der Waals surface area (Å²) < 4.78 is 2.33. The lowest BCUT2D eigenvalue weighted by molar-refractivity contribution is 0.0921. The molecular weight excluding hydrogens is 308 g/mol. The van der Waals surface area contributed by atoms with Gasteiger partial charge in [-0.25, -0.2) is 9.78 Å². The number of fused-ring (bicyclic) bond motifs is 1. The topological polar surface area (TPSA) is 86.0 Å². The van der Waals surface area contributed by atoms with Crippen LogP contribution in [0.25, 0.3) is 11.0 Å². The number of rotatable bonds is 2. The zero-order valence-corrected chi connectivity index (χ0v) is 14.2. The first-order valence-corrected chi connectivity index (χ1v) is 8.25. The van der Waals surface area contributed by atoms with Gasteiger partial charge in [-0.3, -0.25) is 18.7 Å². The van der Waals surface area contributed by atoms with Crippen LogP contribution < -0.4 is 16.6 Å². The fourth-order valence-corrected chi connectivity index (χ4v) is 3.42.